The lowest BCUT2D eigenvalue weighted by Crippen LogP contribution is -2.58. The van der Waals surface area contributed by atoms with Crippen LogP contribution in [0.4, 0.5) is 0 Å². The van der Waals surface area contributed by atoms with Gasteiger partial charge in [-0.05, 0) is 32.3 Å². The summed E-state index contributed by atoms with van der Waals surface area (Å²) in [7, 11) is 1.62. The molecule has 2 rings (SSSR count). The molecule has 2 atom stereocenters. The number of hydrogen-bond donors (Lipinski definition) is 1. The fourth-order valence-corrected chi connectivity index (χ4v) is 3.77. The first-order chi connectivity index (χ1) is 11.3. The standard InChI is InChI=1S/C18H23ClN2O3/c1-12(20-13(2)22)17(24)21(3)18(11-7-6-10-16(18)23)14-8-4-5-9-15(14)19/h4-5,8-9,12H,6-7,10-11H2,1-3H3,(H,20,22)/t12-,18+/m0/s1. The van der Waals surface area contributed by atoms with Crippen molar-refractivity contribution in [3.8, 4) is 0 Å². The molecule has 1 fully saturated rings. The van der Waals surface area contributed by atoms with Crippen molar-refractivity contribution in [1.82, 2.24) is 10.2 Å². The maximum atomic E-state index is 12.9. The van der Waals surface area contributed by atoms with Gasteiger partial charge in [-0.2, -0.15) is 0 Å². The number of carbonyl (C=O) groups is 3. The van der Waals surface area contributed by atoms with E-state index in [0.717, 1.165) is 12.8 Å². The minimum absolute atomic E-state index is 0.00674. The van der Waals surface area contributed by atoms with Gasteiger partial charge in [0.25, 0.3) is 0 Å². The highest BCUT2D eigenvalue weighted by Gasteiger charge is 2.48. The zero-order valence-electron chi connectivity index (χ0n) is 14.3. The minimum atomic E-state index is -1.07. The van der Waals surface area contributed by atoms with Crippen molar-refractivity contribution in [1.29, 1.82) is 0 Å². The number of rotatable bonds is 4. The van der Waals surface area contributed by atoms with Crippen LogP contribution in [-0.2, 0) is 19.9 Å². The number of carbonyl (C=O) groups excluding carboxylic acids is 3. The van der Waals surface area contributed by atoms with Gasteiger partial charge < -0.3 is 10.2 Å². The van der Waals surface area contributed by atoms with Crippen LogP contribution in [0.15, 0.2) is 24.3 Å². The molecule has 5 nitrogen and oxygen atoms in total. The van der Waals surface area contributed by atoms with Gasteiger partial charge in [0.1, 0.15) is 11.6 Å². The summed E-state index contributed by atoms with van der Waals surface area (Å²) in [4.78, 5) is 38.5. The molecule has 130 valence electrons. The largest absolute Gasteiger partial charge is 0.345 e. The Kier molecular flexibility index (Phi) is 5.65. The van der Waals surface area contributed by atoms with E-state index < -0.39 is 11.6 Å². The van der Waals surface area contributed by atoms with Crippen molar-refractivity contribution in [2.24, 2.45) is 0 Å². The summed E-state index contributed by atoms with van der Waals surface area (Å²) in [5.74, 6) is -0.598. The Labute approximate surface area is 147 Å². The lowest BCUT2D eigenvalue weighted by Gasteiger charge is -2.44. The molecule has 1 aliphatic rings. The van der Waals surface area contributed by atoms with Gasteiger partial charge >= 0.3 is 0 Å². The van der Waals surface area contributed by atoms with Crippen molar-refractivity contribution < 1.29 is 14.4 Å². The molecule has 1 saturated carbocycles. The molecule has 0 heterocycles. The van der Waals surface area contributed by atoms with E-state index in [-0.39, 0.29) is 17.6 Å². The van der Waals surface area contributed by atoms with Gasteiger partial charge in [0.05, 0.1) is 0 Å². The first-order valence-electron chi connectivity index (χ1n) is 8.13. The second-order valence-electron chi connectivity index (χ2n) is 6.29. The number of hydrogen-bond acceptors (Lipinski definition) is 3. The first kappa shape index (κ1) is 18.5. The topological polar surface area (TPSA) is 66.5 Å². The molecular formula is C18H23ClN2O3. The Bertz CT molecular complexity index is 661. The van der Waals surface area contributed by atoms with Gasteiger partial charge in [-0.15, -0.1) is 0 Å². The number of ketones is 1. The number of amides is 2. The molecule has 0 spiro atoms. The smallest absolute Gasteiger partial charge is 0.245 e. The average Bonchev–Trinajstić information content (AvgIpc) is 2.54. The maximum Gasteiger partial charge on any atom is 0.245 e. The predicted octanol–water partition coefficient (Wildman–Crippen LogP) is 2.66. The Hall–Kier alpha value is -1.88. The van der Waals surface area contributed by atoms with Crippen molar-refractivity contribution in [2.75, 3.05) is 7.05 Å². The van der Waals surface area contributed by atoms with E-state index in [1.165, 1.54) is 11.8 Å². The molecule has 0 aliphatic heterocycles. The highest BCUT2D eigenvalue weighted by atomic mass is 35.5. The molecular weight excluding hydrogens is 328 g/mol. The Balaban J connectivity index is 2.47. The van der Waals surface area contributed by atoms with Crippen LogP contribution in [-0.4, -0.2) is 35.6 Å². The summed E-state index contributed by atoms with van der Waals surface area (Å²) >= 11 is 6.37. The van der Waals surface area contributed by atoms with E-state index in [1.807, 2.05) is 6.07 Å². The SMILES string of the molecule is CC(=O)N[C@@H](C)C(=O)N(C)[C@@]1(c2ccccc2Cl)CCCCC1=O. The molecule has 0 saturated heterocycles. The predicted molar refractivity (Wildman–Crippen MR) is 92.7 cm³/mol. The summed E-state index contributed by atoms with van der Waals surface area (Å²) < 4.78 is 0. The average molecular weight is 351 g/mol. The number of nitrogens with one attached hydrogen (secondary N) is 1. The third-order valence-corrected chi connectivity index (χ3v) is 5.00. The van der Waals surface area contributed by atoms with E-state index in [9.17, 15) is 14.4 Å². The van der Waals surface area contributed by atoms with Gasteiger partial charge in [0, 0.05) is 31.0 Å². The van der Waals surface area contributed by atoms with Crippen LogP contribution in [0.5, 0.6) is 0 Å². The van der Waals surface area contributed by atoms with Crippen LogP contribution in [0.2, 0.25) is 5.02 Å². The van der Waals surface area contributed by atoms with Crippen molar-refractivity contribution in [3.05, 3.63) is 34.9 Å². The third kappa shape index (κ3) is 3.31. The number of nitrogens with zero attached hydrogens (tertiary/aromatic N) is 1. The van der Waals surface area contributed by atoms with Crippen LogP contribution in [0, 0.1) is 0 Å². The molecule has 0 unspecified atom stereocenters. The van der Waals surface area contributed by atoms with Crippen LogP contribution in [0.1, 0.15) is 45.1 Å². The second-order valence-corrected chi connectivity index (χ2v) is 6.70. The second kappa shape index (κ2) is 7.34. The van der Waals surface area contributed by atoms with E-state index >= 15 is 0 Å². The molecule has 2 amide bonds. The molecule has 0 aromatic heterocycles. The van der Waals surface area contributed by atoms with Gasteiger partial charge in [-0.25, -0.2) is 0 Å². The highest BCUT2D eigenvalue weighted by Crippen LogP contribution is 2.42. The highest BCUT2D eigenvalue weighted by molar-refractivity contribution is 6.31. The monoisotopic (exact) mass is 350 g/mol. The number of benzene rings is 1. The van der Waals surface area contributed by atoms with Crippen LogP contribution < -0.4 is 5.32 Å². The Morgan fingerprint density at radius 2 is 1.96 bits per heavy atom. The molecule has 1 aromatic rings. The summed E-state index contributed by atoms with van der Waals surface area (Å²) in [6.07, 6.45) is 2.60. The fraction of sp³-hybridized carbons (Fsp3) is 0.500. The van der Waals surface area contributed by atoms with Crippen LogP contribution in [0.3, 0.4) is 0 Å². The van der Waals surface area contributed by atoms with Gasteiger partial charge in [0.2, 0.25) is 11.8 Å². The summed E-state index contributed by atoms with van der Waals surface area (Å²) in [6, 6.07) is 6.45. The fourth-order valence-electron chi connectivity index (χ4n) is 3.47. The van der Waals surface area contributed by atoms with E-state index in [0.29, 0.717) is 23.4 Å². The van der Waals surface area contributed by atoms with Crippen LogP contribution >= 0.6 is 11.6 Å². The van der Waals surface area contributed by atoms with Crippen LogP contribution in [0.25, 0.3) is 0 Å². The minimum Gasteiger partial charge on any atom is -0.345 e. The van der Waals surface area contributed by atoms with E-state index in [4.69, 9.17) is 11.6 Å². The summed E-state index contributed by atoms with van der Waals surface area (Å²) in [5.41, 5.74) is -0.414. The quantitative estimate of drug-likeness (QED) is 0.907. The van der Waals surface area contributed by atoms with Crippen molar-refractivity contribution in [2.45, 2.75) is 51.1 Å². The number of Topliss-reactive ketones (excluding diaryl/α,β-unsaturated/α-hetero) is 1. The molecule has 1 aromatic carbocycles. The van der Waals surface area contributed by atoms with Crippen molar-refractivity contribution in [3.63, 3.8) is 0 Å². The molecule has 6 heteroatoms. The normalized spacial score (nSPS) is 21.9. The third-order valence-electron chi connectivity index (χ3n) is 4.67. The first-order valence-corrected chi connectivity index (χ1v) is 8.51. The Morgan fingerprint density at radius 3 is 2.54 bits per heavy atom. The number of halogens is 1. The lowest BCUT2D eigenvalue weighted by molar-refractivity contribution is -0.149. The molecule has 1 aliphatic carbocycles. The maximum absolute atomic E-state index is 12.9. The zero-order chi connectivity index (χ0) is 17.9. The zero-order valence-corrected chi connectivity index (χ0v) is 15.0. The molecule has 24 heavy (non-hydrogen) atoms. The van der Waals surface area contributed by atoms with E-state index in [1.54, 1.807) is 32.2 Å². The van der Waals surface area contributed by atoms with Gasteiger partial charge in [-0.1, -0.05) is 29.8 Å². The van der Waals surface area contributed by atoms with Gasteiger partial charge in [0.15, 0.2) is 5.78 Å². The Morgan fingerprint density at radius 1 is 1.29 bits per heavy atom. The number of likely N-dealkylation sites (N-methyl/N-ethyl adjacent to an activating group) is 1. The lowest BCUT2D eigenvalue weighted by atomic mass is 9.74. The summed E-state index contributed by atoms with van der Waals surface area (Å²) in [5, 5.41) is 3.06. The molecule has 0 radical (unpaired) electrons. The summed E-state index contributed by atoms with van der Waals surface area (Å²) in [6.45, 7) is 2.98. The van der Waals surface area contributed by atoms with E-state index in [2.05, 4.69) is 5.32 Å². The molecule has 0 bridgehead atoms. The molecule has 1 N–H and O–H groups in total. The van der Waals surface area contributed by atoms with Gasteiger partial charge in [-0.3, -0.25) is 14.4 Å². The van der Waals surface area contributed by atoms with Crippen molar-refractivity contribution >= 4 is 29.2 Å².